The molecule has 2 heterocycles. The quantitative estimate of drug-likeness (QED) is 0.270. The van der Waals surface area contributed by atoms with Gasteiger partial charge in [0.05, 0.1) is 16.6 Å². The fourth-order valence-electron chi connectivity index (χ4n) is 4.48. The van der Waals surface area contributed by atoms with Crippen LogP contribution in [-0.2, 0) is 0 Å². The van der Waals surface area contributed by atoms with Gasteiger partial charge in [0, 0.05) is 31.6 Å². The van der Waals surface area contributed by atoms with Gasteiger partial charge in [-0.15, -0.1) is 11.3 Å². The topological polar surface area (TPSA) is 72.0 Å². The Kier molecular flexibility index (Phi) is 4.90. The molecule has 0 bridgehead atoms. The lowest BCUT2D eigenvalue weighted by atomic mass is 9.83. The van der Waals surface area contributed by atoms with Crippen LogP contribution in [0.15, 0.2) is 77.5 Å². The van der Waals surface area contributed by atoms with Crippen LogP contribution < -0.4 is 5.32 Å². The highest BCUT2D eigenvalue weighted by Gasteiger charge is 2.31. The van der Waals surface area contributed by atoms with Crippen LogP contribution in [0.2, 0.25) is 0 Å². The molecular formula is C27H16BrN3O2S. The van der Waals surface area contributed by atoms with E-state index in [4.69, 9.17) is 0 Å². The molecule has 5 aromatic rings. The second-order valence-corrected chi connectivity index (χ2v) is 10.1. The van der Waals surface area contributed by atoms with E-state index >= 15 is 0 Å². The van der Waals surface area contributed by atoms with Crippen LogP contribution in [0.1, 0.15) is 36.7 Å². The van der Waals surface area contributed by atoms with Crippen molar-refractivity contribution in [2.45, 2.75) is 6.92 Å². The minimum atomic E-state index is -0.173. The van der Waals surface area contributed by atoms with E-state index in [2.05, 4.69) is 50.3 Å². The van der Waals surface area contributed by atoms with Gasteiger partial charge < -0.3 is 5.32 Å². The number of carbonyl (C=O) groups excluding carboxylic acids is 2. The maximum atomic E-state index is 13.4. The van der Waals surface area contributed by atoms with Crippen LogP contribution in [0.3, 0.4) is 0 Å². The molecule has 164 valence electrons. The van der Waals surface area contributed by atoms with Gasteiger partial charge in [-0.3, -0.25) is 9.59 Å². The first-order chi connectivity index (χ1) is 16.5. The lowest BCUT2D eigenvalue weighted by Crippen LogP contribution is -2.22. The number of aromatic nitrogens is 2. The number of fused-ring (bicyclic) bond motifs is 3. The lowest BCUT2D eigenvalue weighted by molar-refractivity contribution is 0.0979. The number of benzene rings is 3. The van der Waals surface area contributed by atoms with Crippen molar-refractivity contribution in [1.82, 2.24) is 9.97 Å². The number of hydrogen-bond donors (Lipinski definition) is 1. The smallest absolute Gasteiger partial charge is 0.196 e. The molecule has 1 aliphatic carbocycles. The predicted octanol–water partition coefficient (Wildman–Crippen LogP) is 6.95. The lowest BCUT2D eigenvalue weighted by Gasteiger charge is -2.20. The molecule has 5 nitrogen and oxygen atoms in total. The van der Waals surface area contributed by atoms with Gasteiger partial charge in [-0.2, -0.15) is 0 Å². The van der Waals surface area contributed by atoms with Gasteiger partial charge in [0.2, 0.25) is 0 Å². The number of halogens is 1. The van der Waals surface area contributed by atoms with Gasteiger partial charge in [0.25, 0.3) is 0 Å². The Morgan fingerprint density at radius 1 is 0.794 bits per heavy atom. The molecule has 0 fully saturated rings. The van der Waals surface area contributed by atoms with Crippen LogP contribution in [0, 0.1) is 6.92 Å². The Morgan fingerprint density at radius 2 is 1.50 bits per heavy atom. The summed E-state index contributed by atoms with van der Waals surface area (Å²) in [6.45, 7) is 2.07. The molecule has 0 atom stereocenters. The molecule has 0 unspecified atom stereocenters. The zero-order valence-electron chi connectivity index (χ0n) is 17.9. The summed E-state index contributed by atoms with van der Waals surface area (Å²) in [7, 11) is 0. The molecule has 0 saturated heterocycles. The van der Waals surface area contributed by atoms with Crippen molar-refractivity contribution in [3.05, 3.63) is 105 Å². The highest BCUT2D eigenvalue weighted by atomic mass is 79.9. The molecule has 0 saturated carbocycles. The zero-order valence-corrected chi connectivity index (χ0v) is 20.3. The summed E-state index contributed by atoms with van der Waals surface area (Å²) in [6, 6.07) is 20.4. The summed E-state index contributed by atoms with van der Waals surface area (Å²) in [4.78, 5) is 37.6. The van der Waals surface area contributed by atoms with Crippen LogP contribution in [0.5, 0.6) is 0 Å². The zero-order chi connectivity index (χ0) is 23.4. The molecule has 3 aromatic carbocycles. The van der Waals surface area contributed by atoms with Gasteiger partial charge in [0.15, 0.2) is 11.6 Å². The van der Waals surface area contributed by atoms with Gasteiger partial charge in [-0.25, -0.2) is 9.97 Å². The van der Waals surface area contributed by atoms with Crippen molar-refractivity contribution in [1.29, 1.82) is 0 Å². The highest BCUT2D eigenvalue weighted by molar-refractivity contribution is 9.10. The fourth-order valence-corrected chi connectivity index (χ4v) is 5.76. The van der Waals surface area contributed by atoms with Crippen LogP contribution in [0.25, 0.3) is 21.3 Å². The number of anilines is 2. The van der Waals surface area contributed by atoms with E-state index in [1.165, 1.54) is 6.33 Å². The summed E-state index contributed by atoms with van der Waals surface area (Å²) in [5, 5.41) is 4.25. The van der Waals surface area contributed by atoms with E-state index in [1.807, 2.05) is 18.2 Å². The van der Waals surface area contributed by atoms with Crippen LogP contribution >= 0.6 is 27.3 Å². The molecule has 1 N–H and O–H groups in total. The Labute approximate surface area is 207 Å². The molecule has 2 aromatic heterocycles. The molecule has 7 heteroatoms. The Hall–Kier alpha value is -3.68. The van der Waals surface area contributed by atoms with Crippen LogP contribution in [0.4, 0.5) is 11.5 Å². The molecular weight excluding hydrogens is 510 g/mol. The standard InChI is InChI=1S/C27H16BrN3O2S/c1-14-21(15-9-11-16(28)12-10-15)23-26(29-13-30-27(23)34-14)31-20-8-4-7-19-22(20)25(33)18-6-3-2-5-17(18)24(19)32/h2-13H,1H3,(H,29,30,31). The van der Waals surface area contributed by atoms with E-state index in [0.29, 0.717) is 33.8 Å². The summed E-state index contributed by atoms with van der Waals surface area (Å²) in [6.07, 6.45) is 1.52. The average molecular weight is 526 g/mol. The van der Waals surface area contributed by atoms with Gasteiger partial charge in [-0.1, -0.05) is 64.5 Å². The third kappa shape index (κ3) is 3.20. The first-order valence-corrected chi connectivity index (χ1v) is 12.2. The van der Waals surface area contributed by atoms with E-state index in [-0.39, 0.29) is 11.6 Å². The van der Waals surface area contributed by atoms with Crippen molar-refractivity contribution in [3.63, 3.8) is 0 Å². The average Bonchev–Trinajstić information content (AvgIpc) is 3.20. The second-order valence-electron chi connectivity index (χ2n) is 8.00. The van der Waals surface area contributed by atoms with Crippen LogP contribution in [-0.4, -0.2) is 21.5 Å². The third-order valence-corrected chi connectivity index (χ3v) is 7.54. The van der Waals surface area contributed by atoms with E-state index in [1.54, 1.807) is 47.7 Å². The minimum Gasteiger partial charge on any atom is -0.339 e. The number of aryl methyl sites for hydroxylation is 1. The van der Waals surface area contributed by atoms with Gasteiger partial charge in [0.1, 0.15) is 17.0 Å². The van der Waals surface area contributed by atoms with E-state index in [9.17, 15) is 9.59 Å². The number of nitrogens with zero attached hydrogens (tertiary/aromatic N) is 2. The van der Waals surface area contributed by atoms with Crippen molar-refractivity contribution >= 4 is 60.6 Å². The summed E-state index contributed by atoms with van der Waals surface area (Å²) in [5.41, 5.74) is 4.28. The monoisotopic (exact) mass is 525 g/mol. The number of hydrogen-bond acceptors (Lipinski definition) is 6. The van der Waals surface area contributed by atoms with Crippen molar-refractivity contribution < 1.29 is 9.59 Å². The molecule has 0 radical (unpaired) electrons. The normalized spacial score (nSPS) is 12.5. The highest BCUT2D eigenvalue weighted by Crippen LogP contribution is 2.42. The van der Waals surface area contributed by atoms with E-state index in [0.717, 1.165) is 30.7 Å². The molecule has 1 aliphatic rings. The maximum absolute atomic E-state index is 13.4. The number of carbonyl (C=O) groups is 2. The Morgan fingerprint density at radius 3 is 2.26 bits per heavy atom. The van der Waals surface area contributed by atoms with Gasteiger partial charge >= 0.3 is 0 Å². The number of thiophene rings is 1. The number of nitrogens with one attached hydrogen (secondary N) is 1. The summed E-state index contributed by atoms with van der Waals surface area (Å²) < 4.78 is 1.00. The van der Waals surface area contributed by atoms with Gasteiger partial charge in [-0.05, 0) is 30.7 Å². The van der Waals surface area contributed by atoms with Crippen molar-refractivity contribution in [2.24, 2.45) is 0 Å². The van der Waals surface area contributed by atoms with Crippen molar-refractivity contribution in [3.8, 4) is 11.1 Å². The Balaban J connectivity index is 1.52. The van der Waals surface area contributed by atoms with E-state index < -0.39 is 0 Å². The molecule has 0 spiro atoms. The molecule has 0 amide bonds. The molecule has 6 rings (SSSR count). The molecule has 0 aliphatic heterocycles. The summed E-state index contributed by atoms with van der Waals surface area (Å²) >= 11 is 5.10. The first kappa shape index (κ1) is 20.9. The van der Waals surface area contributed by atoms with Crippen molar-refractivity contribution in [2.75, 3.05) is 5.32 Å². The fraction of sp³-hybridized carbons (Fsp3) is 0.0370. The largest absolute Gasteiger partial charge is 0.339 e. The first-order valence-electron chi connectivity index (χ1n) is 10.6. The molecule has 34 heavy (non-hydrogen) atoms. The number of ketones is 2. The predicted molar refractivity (Wildman–Crippen MR) is 138 cm³/mol. The summed E-state index contributed by atoms with van der Waals surface area (Å²) in [5.74, 6) is 0.275. The minimum absolute atomic E-state index is 0.149. The second kappa shape index (κ2) is 7.97. The Bertz CT molecular complexity index is 1640. The number of rotatable bonds is 3. The maximum Gasteiger partial charge on any atom is 0.196 e. The third-order valence-electron chi connectivity index (χ3n) is 6.00. The SMILES string of the molecule is Cc1sc2ncnc(Nc3cccc4c3C(=O)c3ccccc3C4=O)c2c1-c1ccc(Br)cc1.